The van der Waals surface area contributed by atoms with E-state index < -0.39 is 10.0 Å². The molecule has 0 saturated carbocycles. The van der Waals surface area contributed by atoms with Crippen molar-refractivity contribution in [3.8, 4) is 0 Å². The predicted molar refractivity (Wildman–Crippen MR) is 128 cm³/mol. The predicted octanol–water partition coefficient (Wildman–Crippen LogP) is 2.81. The van der Waals surface area contributed by atoms with Crippen molar-refractivity contribution in [3.05, 3.63) is 77.9 Å². The van der Waals surface area contributed by atoms with Crippen LogP contribution in [0.5, 0.6) is 0 Å². The Morgan fingerprint density at radius 1 is 1.18 bits per heavy atom. The van der Waals surface area contributed by atoms with Gasteiger partial charge in [0.15, 0.2) is 0 Å². The molecule has 1 heterocycles. The number of hydrogen-bond donors (Lipinski definition) is 2. The summed E-state index contributed by atoms with van der Waals surface area (Å²) in [5.74, 6) is -0.476. The lowest BCUT2D eigenvalue weighted by molar-refractivity contribution is -0.117. The fourth-order valence-corrected chi connectivity index (χ4v) is 5.89. The van der Waals surface area contributed by atoms with Crippen LogP contribution in [0.4, 0.5) is 0 Å². The van der Waals surface area contributed by atoms with Gasteiger partial charge in [-0.05, 0) is 68.5 Å². The molecule has 0 spiro atoms. The second-order valence-corrected chi connectivity index (χ2v) is 10.3. The van der Waals surface area contributed by atoms with E-state index in [1.165, 1.54) is 16.4 Å². The summed E-state index contributed by atoms with van der Waals surface area (Å²) in [4.78, 5) is 24.3. The largest absolute Gasteiger partial charge is 0.352 e. The molecule has 0 aromatic heterocycles. The zero-order valence-electron chi connectivity index (χ0n) is 19.1. The molecule has 2 atom stereocenters. The molecule has 8 heteroatoms. The molecule has 0 aliphatic carbocycles. The molecule has 0 bridgehead atoms. The lowest BCUT2D eigenvalue weighted by Gasteiger charge is -2.36. The van der Waals surface area contributed by atoms with Gasteiger partial charge in [0.2, 0.25) is 15.9 Å². The maximum absolute atomic E-state index is 13.3. The Kier molecular flexibility index (Phi) is 8.05. The lowest BCUT2D eigenvalue weighted by Crippen LogP contribution is -2.50. The van der Waals surface area contributed by atoms with Gasteiger partial charge in [0.25, 0.3) is 5.91 Å². The third-order valence-electron chi connectivity index (χ3n) is 5.94. The summed E-state index contributed by atoms with van der Waals surface area (Å²) in [5.41, 5.74) is 2.20. The fraction of sp³-hybridized carbons (Fsp3) is 0.360. The van der Waals surface area contributed by atoms with E-state index in [1.54, 1.807) is 19.1 Å². The van der Waals surface area contributed by atoms with Crippen LogP contribution in [0.1, 0.15) is 41.3 Å². The number of carbonyl (C=O) groups excluding carboxylic acids is 2. The summed E-state index contributed by atoms with van der Waals surface area (Å²) in [6.45, 7) is 7.84. The van der Waals surface area contributed by atoms with Gasteiger partial charge < -0.3 is 10.6 Å². The van der Waals surface area contributed by atoms with E-state index in [0.29, 0.717) is 37.1 Å². The highest BCUT2D eigenvalue weighted by atomic mass is 32.2. The molecular weight excluding hydrogens is 438 g/mol. The zero-order chi connectivity index (χ0) is 24.0. The zero-order valence-corrected chi connectivity index (χ0v) is 19.9. The summed E-state index contributed by atoms with van der Waals surface area (Å²) >= 11 is 0. The SMILES string of the molecule is C=CC(=O)NC1CCN(S(=O)(=O)c2ccc(C(=O)NCCc3ccccc3)c(C)c2)C(C)C1. The van der Waals surface area contributed by atoms with E-state index >= 15 is 0 Å². The average molecular weight is 470 g/mol. The van der Waals surface area contributed by atoms with Gasteiger partial charge in [-0.1, -0.05) is 36.9 Å². The summed E-state index contributed by atoms with van der Waals surface area (Å²) in [6.07, 6.45) is 3.00. The Bertz CT molecular complexity index is 1120. The van der Waals surface area contributed by atoms with E-state index in [0.717, 1.165) is 12.0 Å². The van der Waals surface area contributed by atoms with Gasteiger partial charge in [0, 0.05) is 30.7 Å². The molecule has 2 N–H and O–H groups in total. The minimum absolute atomic E-state index is 0.0827. The minimum Gasteiger partial charge on any atom is -0.352 e. The molecule has 176 valence electrons. The van der Waals surface area contributed by atoms with Crippen LogP contribution in [0.25, 0.3) is 0 Å². The molecule has 0 radical (unpaired) electrons. The van der Waals surface area contributed by atoms with Crippen LogP contribution in [0.3, 0.4) is 0 Å². The maximum atomic E-state index is 13.3. The first-order chi connectivity index (χ1) is 15.7. The molecule has 2 unspecified atom stereocenters. The first-order valence-electron chi connectivity index (χ1n) is 11.1. The summed E-state index contributed by atoms with van der Waals surface area (Å²) in [7, 11) is -3.72. The van der Waals surface area contributed by atoms with Crippen molar-refractivity contribution >= 4 is 21.8 Å². The van der Waals surface area contributed by atoms with Crippen LogP contribution in [-0.4, -0.2) is 49.7 Å². The summed E-state index contributed by atoms with van der Waals surface area (Å²) < 4.78 is 28.0. The van der Waals surface area contributed by atoms with Crippen molar-refractivity contribution in [1.29, 1.82) is 0 Å². The van der Waals surface area contributed by atoms with Crippen LogP contribution < -0.4 is 10.6 Å². The van der Waals surface area contributed by atoms with Crippen LogP contribution in [0, 0.1) is 6.92 Å². The van der Waals surface area contributed by atoms with E-state index in [2.05, 4.69) is 17.2 Å². The molecule has 7 nitrogen and oxygen atoms in total. The molecule has 1 saturated heterocycles. The van der Waals surface area contributed by atoms with E-state index in [-0.39, 0.29) is 28.8 Å². The Labute approximate surface area is 195 Å². The van der Waals surface area contributed by atoms with Crippen molar-refractivity contribution in [2.45, 2.75) is 50.1 Å². The molecule has 1 fully saturated rings. The molecule has 1 aliphatic rings. The monoisotopic (exact) mass is 469 g/mol. The number of nitrogens with one attached hydrogen (secondary N) is 2. The number of carbonyl (C=O) groups is 2. The summed E-state index contributed by atoms with van der Waals surface area (Å²) in [5, 5.41) is 5.75. The molecular formula is C25H31N3O4S. The topological polar surface area (TPSA) is 95.6 Å². The first kappa shape index (κ1) is 24.7. The van der Waals surface area contributed by atoms with Gasteiger partial charge >= 0.3 is 0 Å². The third-order valence-corrected chi connectivity index (χ3v) is 7.95. The van der Waals surface area contributed by atoms with Gasteiger partial charge in [-0.15, -0.1) is 0 Å². The maximum Gasteiger partial charge on any atom is 0.251 e. The Morgan fingerprint density at radius 2 is 1.91 bits per heavy atom. The second-order valence-electron chi connectivity index (χ2n) is 8.37. The lowest BCUT2D eigenvalue weighted by atomic mass is 10.0. The van der Waals surface area contributed by atoms with Gasteiger partial charge in [0.05, 0.1) is 4.90 Å². The van der Waals surface area contributed by atoms with Crippen molar-refractivity contribution in [1.82, 2.24) is 14.9 Å². The Morgan fingerprint density at radius 3 is 2.55 bits per heavy atom. The van der Waals surface area contributed by atoms with Gasteiger partial charge in [-0.25, -0.2) is 8.42 Å². The second kappa shape index (κ2) is 10.8. The molecule has 2 aromatic carbocycles. The quantitative estimate of drug-likeness (QED) is 0.581. The Hall–Kier alpha value is -2.97. The Balaban J connectivity index is 1.65. The number of aryl methyl sites for hydroxylation is 1. The molecule has 1 aliphatic heterocycles. The van der Waals surface area contributed by atoms with Crippen LogP contribution in [0.15, 0.2) is 66.1 Å². The number of sulfonamides is 1. The van der Waals surface area contributed by atoms with Gasteiger partial charge in [-0.2, -0.15) is 4.31 Å². The fourth-order valence-electron chi connectivity index (χ4n) is 4.15. The highest BCUT2D eigenvalue weighted by Gasteiger charge is 2.35. The minimum atomic E-state index is -3.72. The number of rotatable bonds is 8. The number of piperidine rings is 1. The van der Waals surface area contributed by atoms with E-state index in [9.17, 15) is 18.0 Å². The normalized spacial score (nSPS) is 19.0. The van der Waals surface area contributed by atoms with Crippen LogP contribution in [-0.2, 0) is 21.2 Å². The van der Waals surface area contributed by atoms with Gasteiger partial charge in [0.1, 0.15) is 0 Å². The van der Waals surface area contributed by atoms with E-state index in [1.807, 2.05) is 37.3 Å². The van der Waals surface area contributed by atoms with E-state index in [4.69, 9.17) is 0 Å². The van der Waals surface area contributed by atoms with Crippen LogP contribution in [0.2, 0.25) is 0 Å². The summed E-state index contributed by atoms with van der Waals surface area (Å²) in [6, 6.07) is 14.2. The molecule has 2 amide bonds. The third kappa shape index (κ3) is 6.09. The number of amides is 2. The standard InChI is InChI=1S/C25H31N3O4S/c1-4-24(29)27-21-13-15-28(19(3)17-21)33(31,32)22-10-11-23(18(2)16-22)25(30)26-14-12-20-8-6-5-7-9-20/h4-11,16,19,21H,1,12-15,17H2,2-3H3,(H,26,30)(H,27,29). The van der Waals surface area contributed by atoms with Crippen molar-refractivity contribution < 1.29 is 18.0 Å². The van der Waals surface area contributed by atoms with Crippen molar-refractivity contribution in [3.63, 3.8) is 0 Å². The number of hydrogen-bond acceptors (Lipinski definition) is 4. The van der Waals surface area contributed by atoms with Crippen molar-refractivity contribution in [2.24, 2.45) is 0 Å². The highest BCUT2D eigenvalue weighted by Crippen LogP contribution is 2.26. The first-order valence-corrected chi connectivity index (χ1v) is 12.5. The average Bonchev–Trinajstić information content (AvgIpc) is 2.79. The van der Waals surface area contributed by atoms with Crippen LogP contribution >= 0.6 is 0 Å². The van der Waals surface area contributed by atoms with Crippen molar-refractivity contribution in [2.75, 3.05) is 13.1 Å². The molecule has 2 aromatic rings. The molecule has 3 rings (SSSR count). The molecule has 33 heavy (non-hydrogen) atoms. The number of nitrogens with zero attached hydrogens (tertiary/aromatic N) is 1. The highest BCUT2D eigenvalue weighted by molar-refractivity contribution is 7.89. The number of benzene rings is 2. The smallest absolute Gasteiger partial charge is 0.251 e. The van der Waals surface area contributed by atoms with Gasteiger partial charge in [-0.3, -0.25) is 9.59 Å².